The normalized spacial score (nSPS) is 11.2. The van der Waals surface area contributed by atoms with Crippen molar-refractivity contribution in [2.45, 2.75) is 0 Å². The Labute approximate surface area is 125 Å². The molecule has 2 aromatic carbocycles. The molecule has 0 aliphatic heterocycles. The standard InChI is InChI=1S/C16H11FN4O/c1-22-12-5-2-10(3-6-12)15-19-16-13-7-4-11(17)8-14(13)18-9-21(16)20-15/h2-9H,1H3. The summed E-state index contributed by atoms with van der Waals surface area (Å²) in [5, 5.41) is 5.18. The molecule has 6 heteroatoms. The number of fused-ring (bicyclic) bond motifs is 3. The average molecular weight is 294 g/mol. The number of rotatable bonds is 2. The fourth-order valence-electron chi connectivity index (χ4n) is 2.37. The van der Waals surface area contributed by atoms with E-state index in [0.717, 1.165) is 16.7 Å². The lowest BCUT2D eigenvalue weighted by Crippen LogP contribution is -1.91. The van der Waals surface area contributed by atoms with Crippen molar-refractivity contribution < 1.29 is 9.13 Å². The monoisotopic (exact) mass is 294 g/mol. The van der Waals surface area contributed by atoms with E-state index in [2.05, 4.69) is 15.1 Å². The second-order valence-electron chi connectivity index (χ2n) is 4.84. The van der Waals surface area contributed by atoms with Gasteiger partial charge in [0.15, 0.2) is 11.5 Å². The first-order chi connectivity index (χ1) is 10.7. The lowest BCUT2D eigenvalue weighted by molar-refractivity contribution is 0.415. The number of hydrogen-bond donors (Lipinski definition) is 0. The van der Waals surface area contributed by atoms with Crippen LogP contribution in [0.4, 0.5) is 4.39 Å². The summed E-state index contributed by atoms with van der Waals surface area (Å²) >= 11 is 0. The summed E-state index contributed by atoms with van der Waals surface area (Å²) in [6.07, 6.45) is 1.54. The van der Waals surface area contributed by atoms with Gasteiger partial charge in [0.25, 0.3) is 0 Å². The smallest absolute Gasteiger partial charge is 0.182 e. The van der Waals surface area contributed by atoms with Crippen LogP contribution in [0.2, 0.25) is 0 Å². The molecule has 5 nitrogen and oxygen atoms in total. The van der Waals surface area contributed by atoms with Crippen LogP contribution in [-0.4, -0.2) is 26.7 Å². The summed E-state index contributed by atoms with van der Waals surface area (Å²) < 4.78 is 20.0. The van der Waals surface area contributed by atoms with Gasteiger partial charge in [-0.1, -0.05) is 0 Å². The molecule has 4 aromatic rings. The maximum absolute atomic E-state index is 13.3. The van der Waals surface area contributed by atoms with Crippen molar-refractivity contribution in [2.24, 2.45) is 0 Å². The van der Waals surface area contributed by atoms with Gasteiger partial charge >= 0.3 is 0 Å². The van der Waals surface area contributed by atoms with Crippen LogP contribution in [-0.2, 0) is 0 Å². The van der Waals surface area contributed by atoms with Gasteiger partial charge in [0.05, 0.1) is 12.6 Å². The summed E-state index contributed by atoms with van der Waals surface area (Å²) in [5.41, 5.74) is 2.08. The van der Waals surface area contributed by atoms with E-state index in [-0.39, 0.29) is 5.82 Å². The van der Waals surface area contributed by atoms with Gasteiger partial charge in [0, 0.05) is 17.0 Å². The molecule has 0 aliphatic carbocycles. The summed E-state index contributed by atoms with van der Waals surface area (Å²) in [6.45, 7) is 0. The lowest BCUT2D eigenvalue weighted by atomic mass is 10.2. The Morgan fingerprint density at radius 1 is 1.09 bits per heavy atom. The number of hydrogen-bond acceptors (Lipinski definition) is 4. The van der Waals surface area contributed by atoms with Gasteiger partial charge in [-0.15, -0.1) is 5.10 Å². The third-order valence-corrected chi connectivity index (χ3v) is 3.49. The Morgan fingerprint density at radius 3 is 2.68 bits per heavy atom. The Kier molecular flexibility index (Phi) is 2.75. The van der Waals surface area contributed by atoms with Gasteiger partial charge < -0.3 is 4.74 Å². The minimum absolute atomic E-state index is 0.320. The molecule has 0 fully saturated rings. The zero-order valence-corrected chi connectivity index (χ0v) is 11.7. The first-order valence-corrected chi connectivity index (χ1v) is 6.70. The van der Waals surface area contributed by atoms with E-state index in [9.17, 15) is 4.39 Å². The highest BCUT2D eigenvalue weighted by Crippen LogP contribution is 2.23. The van der Waals surface area contributed by atoms with E-state index < -0.39 is 0 Å². The Balaban J connectivity index is 1.90. The Hall–Kier alpha value is -3.02. The van der Waals surface area contributed by atoms with Crippen molar-refractivity contribution in [3.63, 3.8) is 0 Å². The topological polar surface area (TPSA) is 52.3 Å². The number of halogens is 1. The number of ether oxygens (including phenoxy) is 1. The fourth-order valence-corrected chi connectivity index (χ4v) is 2.37. The summed E-state index contributed by atoms with van der Waals surface area (Å²) in [6, 6.07) is 11.9. The van der Waals surface area contributed by atoms with E-state index in [1.54, 1.807) is 17.7 Å². The Morgan fingerprint density at radius 2 is 1.91 bits per heavy atom. The molecule has 0 unspecified atom stereocenters. The fraction of sp³-hybridized carbons (Fsp3) is 0.0625. The largest absolute Gasteiger partial charge is 0.497 e. The highest BCUT2D eigenvalue weighted by molar-refractivity contribution is 5.91. The van der Waals surface area contributed by atoms with Gasteiger partial charge in [-0.25, -0.2) is 18.9 Å². The van der Waals surface area contributed by atoms with Crippen molar-refractivity contribution in [2.75, 3.05) is 7.11 Å². The van der Waals surface area contributed by atoms with Gasteiger partial charge in [-0.05, 0) is 36.4 Å². The number of aromatic nitrogens is 4. The molecule has 0 saturated carbocycles. The second-order valence-corrected chi connectivity index (χ2v) is 4.84. The SMILES string of the molecule is COc1ccc(-c2nc3c4ccc(F)cc4ncn3n2)cc1. The van der Waals surface area contributed by atoms with Crippen LogP contribution in [0.1, 0.15) is 0 Å². The lowest BCUT2D eigenvalue weighted by Gasteiger charge is -1.99. The third-order valence-electron chi connectivity index (χ3n) is 3.49. The van der Waals surface area contributed by atoms with Crippen molar-refractivity contribution in [1.82, 2.24) is 19.6 Å². The van der Waals surface area contributed by atoms with Gasteiger partial charge in [-0.2, -0.15) is 0 Å². The molecule has 0 spiro atoms. The maximum Gasteiger partial charge on any atom is 0.182 e. The summed E-state index contributed by atoms with van der Waals surface area (Å²) in [7, 11) is 1.62. The molecule has 108 valence electrons. The number of nitrogens with zero attached hydrogens (tertiary/aromatic N) is 4. The minimum atomic E-state index is -0.320. The molecule has 0 atom stereocenters. The predicted molar refractivity (Wildman–Crippen MR) is 80.2 cm³/mol. The van der Waals surface area contributed by atoms with Crippen LogP contribution < -0.4 is 4.74 Å². The predicted octanol–water partition coefficient (Wildman–Crippen LogP) is 3.09. The Bertz CT molecular complexity index is 979. The van der Waals surface area contributed by atoms with Crippen LogP contribution in [0.5, 0.6) is 5.75 Å². The summed E-state index contributed by atoms with van der Waals surface area (Å²) in [4.78, 5) is 8.75. The number of methoxy groups -OCH3 is 1. The molecule has 0 aliphatic rings. The molecule has 22 heavy (non-hydrogen) atoms. The van der Waals surface area contributed by atoms with Crippen LogP contribution in [0.3, 0.4) is 0 Å². The highest BCUT2D eigenvalue weighted by Gasteiger charge is 2.10. The molecule has 4 rings (SSSR count). The van der Waals surface area contributed by atoms with Crippen molar-refractivity contribution in [3.8, 4) is 17.1 Å². The van der Waals surface area contributed by atoms with Crippen LogP contribution in [0.15, 0.2) is 48.8 Å². The first kappa shape index (κ1) is 12.7. The van der Waals surface area contributed by atoms with Gasteiger partial charge in [0.1, 0.15) is 17.9 Å². The zero-order valence-electron chi connectivity index (χ0n) is 11.7. The molecule has 0 bridgehead atoms. The van der Waals surface area contributed by atoms with E-state index in [1.807, 2.05) is 24.3 Å². The second kappa shape index (κ2) is 4.77. The molecular formula is C16H11FN4O. The quantitative estimate of drug-likeness (QED) is 0.570. The average Bonchev–Trinajstić information content (AvgIpc) is 2.99. The molecule has 2 aromatic heterocycles. The van der Waals surface area contributed by atoms with E-state index in [1.165, 1.54) is 18.5 Å². The van der Waals surface area contributed by atoms with E-state index in [0.29, 0.717) is 17.0 Å². The zero-order chi connectivity index (χ0) is 15.1. The third kappa shape index (κ3) is 1.96. The van der Waals surface area contributed by atoms with Gasteiger partial charge in [0.2, 0.25) is 0 Å². The molecule has 0 amide bonds. The van der Waals surface area contributed by atoms with Crippen LogP contribution in [0.25, 0.3) is 27.9 Å². The molecular weight excluding hydrogens is 283 g/mol. The van der Waals surface area contributed by atoms with Gasteiger partial charge in [-0.3, -0.25) is 0 Å². The molecule has 0 radical (unpaired) electrons. The molecule has 0 N–H and O–H groups in total. The van der Waals surface area contributed by atoms with Crippen molar-refractivity contribution in [1.29, 1.82) is 0 Å². The minimum Gasteiger partial charge on any atom is -0.497 e. The molecule has 2 heterocycles. The van der Waals surface area contributed by atoms with Crippen molar-refractivity contribution >= 4 is 16.6 Å². The van der Waals surface area contributed by atoms with E-state index in [4.69, 9.17) is 4.74 Å². The van der Waals surface area contributed by atoms with Crippen LogP contribution in [0, 0.1) is 5.82 Å². The maximum atomic E-state index is 13.3. The van der Waals surface area contributed by atoms with E-state index >= 15 is 0 Å². The van der Waals surface area contributed by atoms with Crippen molar-refractivity contribution in [3.05, 3.63) is 54.6 Å². The first-order valence-electron chi connectivity index (χ1n) is 6.70. The highest BCUT2D eigenvalue weighted by atomic mass is 19.1. The summed E-state index contributed by atoms with van der Waals surface area (Å²) in [5.74, 6) is 1.04. The molecule has 0 saturated heterocycles. The number of benzene rings is 2. The van der Waals surface area contributed by atoms with Crippen LogP contribution >= 0.6 is 0 Å².